The molecule has 0 unspecified atom stereocenters. The van der Waals surface area contributed by atoms with E-state index in [1.807, 2.05) is 42.5 Å². The zero-order valence-electron chi connectivity index (χ0n) is 22.6. The maximum atomic E-state index is 14.0. The molecule has 1 fully saturated rings. The maximum Gasteiger partial charge on any atom is 0.255 e. The van der Waals surface area contributed by atoms with Gasteiger partial charge in [0.15, 0.2) is 0 Å². The number of hydrogen-bond acceptors (Lipinski definition) is 3. The van der Waals surface area contributed by atoms with Gasteiger partial charge in [-0.15, -0.1) is 0 Å². The lowest BCUT2D eigenvalue weighted by Crippen LogP contribution is -2.41. The minimum Gasteiger partial charge on any atom is -0.321 e. The van der Waals surface area contributed by atoms with E-state index in [0.29, 0.717) is 11.3 Å². The molecule has 1 saturated heterocycles. The molecule has 3 aliphatic carbocycles. The Kier molecular flexibility index (Phi) is 5.70. The SMILES string of the molecule is CCc1cccc(CC)c1NC(=O)c1ccc(N2C(=O)[C@@H]3C4c5ccccc5C(c5ccccc54)[C@@H]3C2=O)cc1. The van der Waals surface area contributed by atoms with Crippen molar-refractivity contribution < 1.29 is 14.4 Å². The predicted molar refractivity (Wildman–Crippen MR) is 156 cm³/mol. The summed E-state index contributed by atoms with van der Waals surface area (Å²) in [4.78, 5) is 42.5. The molecule has 0 radical (unpaired) electrons. The molecule has 0 aromatic heterocycles. The van der Waals surface area contributed by atoms with Crippen LogP contribution in [0.2, 0.25) is 0 Å². The largest absolute Gasteiger partial charge is 0.321 e. The van der Waals surface area contributed by atoms with E-state index in [-0.39, 0.29) is 29.6 Å². The Morgan fingerprint density at radius 2 is 1.10 bits per heavy atom. The van der Waals surface area contributed by atoms with Crippen molar-refractivity contribution in [1.29, 1.82) is 0 Å². The van der Waals surface area contributed by atoms with Crippen LogP contribution in [0.25, 0.3) is 0 Å². The molecule has 5 nitrogen and oxygen atoms in total. The van der Waals surface area contributed by atoms with Crippen LogP contribution >= 0.6 is 0 Å². The number of benzene rings is 4. The van der Waals surface area contributed by atoms with E-state index in [0.717, 1.165) is 51.9 Å². The highest BCUT2D eigenvalue weighted by atomic mass is 16.2. The predicted octanol–water partition coefficient (Wildman–Crippen LogP) is 6.46. The molecule has 198 valence electrons. The van der Waals surface area contributed by atoms with E-state index in [2.05, 4.69) is 43.4 Å². The minimum atomic E-state index is -0.428. The number of anilines is 2. The Hall–Kier alpha value is -4.51. The van der Waals surface area contributed by atoms with Crippen LogP contribution in [0, 0.1) is 11.8 Å². The molecule has 0 spiro atoms. The highest BCUT2D eigenvalue weighted by Crippen LogP contribution is 2.61. The van der Waals surface area contributed by atoms with Crippen molar-refractivity contribution in [3.8, 4) is 0 Å². The average Bonchev–Trinajstić information content (AvgIpc) is 3.27. The highest BCUT2D eigenvalue weighted by molar-refractivity contribution is 6.23. The van der Waals surface area contributed by atoms with Crippen molar-refractivity contribution in [3.05, 3.63) is 130 Å². The summed E-state index contributed by atoms with van der Waals surface area (Å²) in [5, 5.41) is 3.10. The summed E-state index contributed by atoms with van der Waals surface area (Å²) < 4.78 is 0. The van der Waals surface area contributed by atoms with Crippen LogP contribution < -0.4 is 10.2 Å². The van der Waals surface area contributed by atoms with Crippen molar-refractivity contribution in [2.75, 3.05) is 10.2 Å². The topological polar surface area (TPSA) is 66.5 Å². The molecule has 5 heteroatoms. The number of carbonyl (C=O) groups is 3. The van der Waals surface area contributed by atoms with Gasteiger partial charge in [0.1, 0.15) is 0 Å². The van der Waals surface area contributed by atoms with Crippen molar-refractivity contribution in [3.63, 3.8) is 0 Å². The number of nitrogens with zero attached hydrogens (tertiary/aromatic N) is 1. The lowest BCUT2D eigenvalue weighted by molar-refractivity contribution is -0.122. The van der Waals surface area contributed by atoms with Gasteiger partial charge in [-0.3, -0.25) is 14.4 Å². The first kappa shape index (κ1) is 24.5. The molecule has 40 heavy (non-hydrogen) atoms. The van der Waals surface area contributed by atoms with Crippen LogP contribution in [0.15, 0.2) is 91.0 Å². The van der Waals surface area contributed by atoms with Gasteiger partial charge in [-0.2, -0.15) is 0 Å². The number of nitrogens with one attached hydrogen (secondary N) is 1. The minimum absolute atomic E-state index is 0.139. The fourth-order valence-corrected chi connectivity index (χ4v) is 7.28. The number of para-hydroxylation sites is 1. The summed E-state index contributed by atoms with van der Waals surface area (Å²) in [6.07, 6.45) is 1.64. The molecule has 4 aliphatic rings. The number of imide groups is 1. The van der Waals surface area contributed by atoms with E-state index in [4.69, 9.17) is 0 Å². The first-order valence-electron chi connectivity index (χ1n) is 14.1. The third-order valence-electron chi connectivity index (χ3n) is 9.07. The lowest BCUT2D eigenvalue weighted by Gasteiger charge is -2.45. The van der Waals surface area contributed by atoms with Crippen LogP contribution in [0.4, 0.5) is 11.4 Å². The molecule has 8 rings (SSSR count). The van der Waals surface area contributed by atoms with Crippen LogP contribution in [-0.4, -0.2) is 17.7 Å². The van der Waals surface area contributed by atoms with Crippen molar-refractivity contribution in [1.82, 2.24) is 0 Å². The molecule has 2 bridgehead atoms. The average molecular weight is 527 g/mol. The third-order valence-corrected chi connectivity index (χ3v) is 9.07. The highest BCUT2D eigenvalue weighted by Gasteiger charge is 2.61. The van der Waals surface area contributed by atoms with E-state index >= 15 is 0 Å². The van der Waals surface area contributed by atoms with Gasteiger partial charge < -0.3 is 5.32 Å². The van der Waals surface area contributed by atoms with E-state index in [1.54, 1.807) is 24.3 Å². The summed E-state index contributed by atoms with van der Waals surface area (Å²) in [7, 11) is 0. The standard InChI is InChI=1S/C35H30N2O3/c1-3-20-10-9-11-21(4-2)32(20)36-33(38)22-16-18-23(19-17-22)37-34(39)30-28-24-12-5-6-13-25(24)29(31(30)35(37)40)27-15-8-7-14-26(27)28/h5-19,28-31H,3-4H2,1-2H3,(H,36,38)/t28?,29?,30-,31+. The molecule has 1 aliphatic heterocycles. The Morgan fingerprint density at radius 3 is 1.52 bits per heavy atom. The quantitative estimate of drug-likeness (QED) is 0.304. The van der Waals surface area contributed by atoms with Crippen LogP contribution in [0.3, 0.4) is 0 Å². The fourth-order valence-electron chi connectivity index (χ4n) is 7.28. The van der Waals surface area contributed by atoms with Crippen LogP contribution in [-0.2, 0) is 22.4 Å². The zero-order valence-corrected chi connectivity index (χ0v) is 22.6. The molecule has 4 aromatic carbocycles. The summed E-state index contributed by atoms with van der Waals surface area (Å²) in [5.41, 5.74) is 8.66. The van der Waals surface area contributed by atoms with E-state index in [9.17, 15) is 14.4 Å². The van der Waals surface area contributed by atoms with Gasteiger partial charge in [0, 0.05) is 23.1 Å². The van der Waals surface area contributed by atoms with E-state index < -0.39 is 11.8 Å². The molecular weight excluding hydrogens is 496 g/mol. The van der Waals surface area contributed by atoms with Gasteiger partial charge in [0.25, 0.3) is 5.91 Å². The van der Waals surface area contributed by atoms with Gasteiger partial charge in [-0.25, -0.2) is 4.90 Å². The fraction of sp³-hybridized carbons (Fsp3) is 0.229. The van der Waals surface area contributed by atoms with E-state index in [1.165, 1.54) is 4.90 Å². The summed E-state index contributed by atoms with van der Waals surface area (Å²) in [6, 6.07) is 29.4. The Labute approximate surface area is 233 Å². The Bertz CT molecular complexity index is 1550. The number of rotatable bonds is 5. The van der Waals surface area contributed by atoms with Crippen LogP contribution in [0.1, 0.15) is 69.4 Å². The molecular formula is C35H30N2O3. The van der Waals surface area contributed by atoms with Gasteiger partial charge in [-0.1, -0.05) is 80.6 Å². The summed E-state index contributed by atoms with van der Waals surface area (Å²) in [6.45, 7) is 4.15. The molecule has 4 aromatic rings. The van der Waals surface area contributed by atoms with Crippen LogP contribution in [0.5, 0.6) is 0 Å². The second-order valence-corrected chi connectivity index (χ2v) is 10.9. The monoisotopic (exact) mass is 526 g/mol. The van der Waals surface area contributed by atoms with Crippen molar-refractivity contribution in [2.45, 2.75) is 38.5 Å². The number of hydrogen-bond donors (Lipinski definition) is 1. The summed E-state index contributed by atoms with van der Waals surface area (Å²) >= 11 is 0. The Morgan fingerprint density at radius 1 is 0.650 bits per heavy atom. The smallest absolute Gasteiger partial charge is 0.255 e. The molecule has 1 N–H and O–H groups in total. The molecule has 1 heterocycles. The first-order chi connectivity index (χ1) is 19.5. The van der Waals surface area contributed by atoms with Gasteiger partial charge in [0.2, 0.25) is 11.8 Å². The lowest BCUT2D eigenvalue weighted by atomic mass is 9.55. The number of carbonyl (C=O) groups excluding carboxylic acids is 3. The Balaban J connectivity index is 1.20. The second kappa shape index (κ2) is 9.30. The first-order valence-corrected chi connectivity index (χ1v) is 14.1. The molecule has 2 atom stereocenters. The molecule has 0 saturated carbocycles. The summed E-state index contributed by atoms with van der Waals surface area (Å²) in [5.74, 6) is -1.66. The third kappa shape index (κ3) is 3.43. The second-order valence-electron chi connectivity index (χ2n) is 10.9. The van der Waals surface area contributed by atoms with Gasteiger partial charge in [-0.05, 0) is 70.5 Å². The van der Waals surface area contributed by atoms with Crippen molar-refractivity contribution >= 4 is 29.1 Å². The number of aryl methyl sites for hydroxylation is 2. The molecule has 3 amide bonds. The van der Waals surface area contributed by atoms with Gasteiger partial charge in [0.05, 0.1) is 17.5 Å². The number of amides is 3. The van der Waals surface area contributed by atoms with Crippen molar-refractivity contribution in [2.24, 2.45) is 11.8 Å². The normalized spacial score (nSPS) is 22.1. The maximum absolute atomic E-state index is 14.0. The van der Waals surface area contributed by atoms with Gasteiger partial charge >= 0.3 is 0 Å². The zero-order chi connectivity index (χ0) is 27.5.